The van der Waals surface area contributed by atoms with Gasteiger partial charge in [0.05, 0.1) is 19.6 Å². The molecule has 0 atom stereocenters. The van der Waals surface area contributed by atoms with Gasteiger partial charge in [0.25, 0.3) is 5.92 Å². The number of alkyl halides is 2. The van der Waals surface area contributed by atoms with E-state index in [0.29, 0.717) is 6.54 Å². The molecule has 0 aromatic carbocycles. The minimum Gasteiger partial charge on any atom is -0.284 e. The van der Waals surface area contributed by atoms with Gasteiger partial charge in [-0.1, -0.05) is 0 Å². The topological polar surface area (TPSA) is 34.0 Å². The van der Waals surface area contributed by atoms with Gasteiger partial charge in [-0.25, -0.2) is 13.8 Å². The third kappa shape index (κ3) is 1.67. The summed E-state index contributed by atoms with van der Waals surface area (Å²) in [6.07, 6.45) is 1.42. The summed E-state index contributed by atoms with van der Waals surface area (Å²) in [6.45, 7) is 0.117. The summed E-state index contributed by atoms with van der Waals surface area (Å²) in [5, 5.41) is 3.86. The second-order valence-corrected chi connectivity index (χ2v) is 3.30. The number of hydrogen-bond donors (Lipinski definition) is 0. The van der Waals surface area contributed by atoms with Gasteiger partial charge < -0.3 is 0 Å². The van der Waals surface area contributed by atoms with E-state index in [-0.39, 0.29) is 13.1 Å². The van der Waals surface area contributed by atoms with Crippen molar-refractivity contribution in [2.24, 2.45) is 7.05 Å². The van der Waals surface area contributed by atoms with Crippen molar-refractivity contribution >= 4 is 0 Å². The lowest BCUT2D eigenvalue weighted by molar-refractivity contribution is -0.134. The predicted molar refractivity (Wildman–Crippen MR) is 41.2 cm³/mol. The van der Waals surface area contributed by atoms with Crippen LogP contribution in [0.4, 0.5) is 8.78 Å². The van der Waals surface area contributed by atoms with E-state index >= 15 is 0 Å². The molecular formula is C7H10F2N4. The van der Waals surface area contributed by atoms with Crippen LogP contribution in [0.3, 0.4) is 0 Å². The van der Waals surface area contributed by atoms with Gasteiger partial charge in [-0.2, -0.15) is 5.10 Å². The highest BCUT2D eigenvalue weighted by Crippen LogP contribution is 2.27. The van der Waals surface area contributed by atoms with Crippen molar-refractivity contribution in [3.05, 3.63) is 12.2 Å². The van der Waals surface area contributed by atoms with E-state index in [1.54, 1.807) is 16.6 Å². The number of likely N-dealkylation sites (tertiary alicyclic amines) is 1. The third-order valence-electron chi connectivity index (χ3n) is 2.08. The number of hydrogen-bond acceptors (Lipinski definition) is 3. The third-order valence-corrected chi connectivity index (χ3v) is 2.08. The van der Waals surface area contributed by atoms with Gasteiger partial charge in [0.2, 0.25) is 0 Å². The van der Waals surface area contributed by atoms with Gasteiger partial charge in [-0.3, -0.25) is 9.58 Å². The first-order valence-electron chi connectivity index (χ1n) is 4.00. The van der Waals surface area contributed by atoms with Crippen LogP contribution in [0.25, 0.3) is 0 Å². The zero-order valence-corrected chi connectivity index (χ0v) is 7.24. The Balaban J connectivity index is 1.91. The second kappa shape index (κ2) is 2.73. The minimum absolute atomic E-state index is 0.167. The van der Waals surface area contributed by atoms with Crippen LogP contribution in [-0.4, -0.2) is 38.7 Å². The zero-order valence-electron chi connectivity index (χ0n) is 7.24. The summed E-state index contributed by atoms with van der Waals surface area (Å²) < 4.78 is 26.5. The quantitative estimate of drug-likeness (QED) is 0.667. The lowest BCUT2D eigenvalue weighted by atomic mass is 10.1. The molecule has 1 saturated heterocycles. The number of aryl methyl sites for hydroxylation is 1. The number of rotatable bonds is 2. The van der Waals surface area contributed by atoms with E-state index in [1.165, 1.54) is 6.33 Å². The molecule has 0 bridgehead atoms. The number of nitrogens with zero attached hydrogens (tertiary/aromatic N) is 4. The molecule has 1 aliphatic heterocycles. The summed E-state index contributed by atoms with van der Waals surface area (Å²) in [5.74, 6) is -1.78. The van der Waals surface area contributed by atoms with Crippen LogP contribution in [0.1, 0.15) is 5.82 Å². The van der Waals surface area contributed by atoms with E-state index in [2.05, 4.69) is 10.1 Å². The van der Waals surface area contributed by atoms with E-state index in [1.807, 2.05) is 0 Å². The second-order valence-electron chi connectivity index (χ2n) is 3.30. The van der Waals surface area contributed by atoms with Gasteiger partial charge in [0.1, 0.15) is 12.2 Å². The van der Waals surface area contributed by atoms with E-state index in [0.717, 1.165) is 5.82 Å². The molecule has 13 heavy (non-hydrogen) atoms. The highest BCUT2D eigenvalue weighted by atomic mass is 19.3. The summed E-state index contributed by atoms with van der Waals surface area (Å²) in [4.78, 5) is 5.59. The van der Waals surface area contributed by atoms with Crippen molar-refractivity contribution in [1.29, 1.82) is 0 Å². The van der Waals surface area contributed by atoms with Crippen molar-refractivity contribution in [3.63, 3.8) is 0 Å². The van der Waals surface area contributed by atoms with Crippen molar-refractivity contribution < 1.29 is 8.78 Å². The molecule has 72 valence electrons. The molecule has 2 rings (SSSR count). The molecule has 0 unspecified atom stereocenters. The van der Waals surface area contributed by atoms with Crippen LogP contribution in [0.2, 0.25) is 0 Å². The number of aromatic nitrogens is 3. The Morgan fingerprint density at radius 2 is 2.23 bits per heavy atom. The maximum absolute atomic E-state index is 12.4. The van der Waals surface area contributed by atoms with E-state index < -0.39 is 5.92 Å². The molecule has 0 amide bonds. The summed E-state index contributed by atoms with van der Waals surface area (Å²) in [6, 6.07) is 0. The standard InChI is InChI=1S/C7H10F2N4/c1-12-6(10-5-11-12)2-13-3-7(8,9)4-13/h5H,2-4H2,1H3. The van der Waals surface area contributed by atoms with Crippen molar-refractivity contribution in [2.75, 3.05) is 13.1 Å². The molecule has 1 fully saturated rings. The van der Waals surface area contributed by atoms with Crippen LogP contribution in [0.5, 0.6) is 0 Å². The molecular weight excluding hydrogens is 178 g/mol. The fourth-order valence-electron chi connectivity index (χ4n) is 1.38. The molecule has 0 radical (unpaired) electrons. The van der Waals surface area contributed by atoms with Crippen molar-refractivity contribution in [3.8, 4) is 0 Å². The number of halogens is 2. The molecule has 2 heterocycles. The molecule has 0 aliphatic carbocycles. The summed E-state index contributed by atoms with van der Waals surface area (Å²) in [7, 11) is 1.75. The Morgan fingerprint density at radius 1 is 1.54 bits per heavy atom. The van der Waals surface area contributed by atoms with Crippen LogP contribution in [0.15, 0.2) is 6.33 Å². The molecule has 0 N–H and O–H groups in total. The summed E-state index contributed by atoms with van der Waals surface area (Å²) >= 11 is 0. The Bertz CT molecular complexity index is 301. The van der Waals surface area contributed by atoms with Crippen molar-refractivity contribution in [1.82, 2.24) is 19.7 Å². The first-order chi connectivity index (χ1) is 6.07. The lowest BCUT2D eigenvalue weighted by Crippen LogP contribution is -2.55. The lowest BCUT2D eigenvalue weighted by Gasteiger charge is -2.38. The van der Waals surface area contributed by atoms with Crippen molar-refractivity contribution in [2.45, 2.75) is 12.5 Å². The Morgan fingerprint density at radius 3 is 2.69 bits per heavy atom. The zero-order chi connectivity index (χ0) is 9.47. The van der Waals surface area contributed by atoms with Crippen LogP contribution in [0, 0.1) is 0 Å². The van der Waals surface area contributed by atoms with Gasteiger partial charge in [-0.05, 0) is 0 Å². The average Bonchev–Trinajstić information content (AvgIpc) is 2.33. The van der Waals surface area contributed by atoms with Gasteiger partial charge in [0, 0.05) is 7.05 Å². The highest BCUT2D eigenvalue weighted by molar-refractivity contribution is 4.92. The fourth-order valence-corrected chi connectivity index (χ4v) is 1.38. The Kier molecular flexibility index (Phi) is 1.80. The predicted octanol–water partition coefficient (Wildman–Crippen LogP) is 0.266. The Hall–Kier alpha value is -1.04. The highest BCUT2D eigenvalue weighted by Gasteiger charge is 2.43. The molecule has 6 heteroatoms. The first-order valence-corrected chi connectivity index (χ1v) is 4.00. The molecule has 1 aromatic rings. The minimum atomic E-state index is -2.50. The van der Waals surface area contributed by atoms with Gasteiger partial charge in [0.15, 0.2) is 0 Å². The normalized spacial score (nSPS) is 21.5. The van der Waals surface area contributed by atoms with E-state index in [4.69, 9.17) is 0 Å². The summed E-state index contributed by atoms with van der Waals surface area (Å²) in [5.41, 5.74) is 0. The molecule has 1 aromatic heterocycles. The van der Waals surface area contributed by atoms with Crippen LogP contribution < -0.4 is 0 Å². The maximum atomic E-state index is 12.4. The molecule has 4 nitrogen and oxygen atoms in total. The Labute approximate surface area is 74.2 Å². The van der Waals surface area contributed by atoms with Gasteiger partial charge in [-0.15, -0.1) is 0 Å². The smallest absolute Gasteiger partial charge is 0.272 e. The average molecular weight is 188 g/mol. The largest absolute Gasteiger partial charge is 0.284 e. The van der Waals surface area contributed by atoms with Crippen LogP contribution in [-0.2, 0) is 13.6 Å². The SMILES string of the molecule is Cn1ncnc1CN1CC(F)(F)C1. The van der Waals surface area contributed by atoms with Crippen LogP contribution >= 0.6 is 0 Å². The van der Waals surface area contributed by atoms with E-state index in [9.17, 15) is 8.78 Å². The maximum Gasteiger partial charge on any atom is 0.272 e. The molecule has 1 aliphatic rings. The first kappa shape index (κ1) is 8.55. The monoisotopic (exact) mass is 188 g/mol. The van der Waals surface area contributed by atoms with Gasteiger partial charge >= 0.3 is 0 Å². The fraction of sp³-hybridized carbons (Fsp3) is 0.714. The molecule has 0 spiro atoms. The molecule has 0 saturated carbocycles.